The molecule has 2 rings (SSSR count). The molecule has 5 heteroatoms. The summed E-state index contributed by atoms with van der Waals surface area (Å²) in [6, 6.07) is 15.5. The van der Waals surface area contributed by atoms with Crippen molar-refractivity contribution in [1.29, 1.82) is 0 Å². The van der Waals surface area contributed by atoms with Crippen LogP contribution in [0.2, 0.25) is 0 Å². The summed E-state index contributed by atoms with van der Waals surface area (Å²) in [7, 11) is 0. The molecular formula is C14H12N2O3. The van der Waals surface area contributed by atoms with Gasteiger partial charge in [0.25, 0.3) is 5.69 Å². The number of oxime groups is 1. The van der Waals surface area contributed by atoms with Crippen LogP contribution in [-0.4, -0.2) is 15.8 Å². The lowest BCUT2D eigenvalue weighted by molar-refractivity contribution is -0.385. The van der Waals surface area contributed by atoms with E-state index < -0.39 is 4.92 Å². The van der Waals surface area contributed by atoms with Gasteiger partial charge in [-0.1, -0.05) is 53.7 Å². The molecular weight excluding hydrogens is 244 g/mol. The average molecular weight is 256 g/mol. The van der Waals surface area contributed by atoms with Crippen LogP contribution in [0.4, 0.5) is 5.69 Å². The third-order valence-corrected chi connectivity index (χ3v) is 2.77. The van der Waals surface area contributed by atoms with Crippen molar-refractivity contribution in [1.82, 2.24) is 0 Å². The molecule has 0 radical (unpaired) electrons. The maximum atomic E-state index is 10.9. The molecule has 0 spiro atoms. The number of nitrogens with zero attached hydrogens (tertiary/aromatic N) is 2. The van der Waals surface area contributed by atoms with Gasteiger partial charge in [-0.05, 0) is 5.56 Å². The lowest BCUT2D eigenvalue weighted by atomic mass is 10.0. The van der Waals surface area contributed by atoms with Gasteiger partial charge >= 0.3 is 0 Å². The van der Waals surface area contributed by atoms with Gasteiger partial charge in [-0.2, -0.15) is 0 Å². The smallest absolute Gasteiger partial charge is 0.272 e. The minimum Gasteiger partial charge on any atom is -0.411 e. The first-order valence-electron chi connectivity index (χ1n) is 5.71. The fraction of sp³-hybridized carbons (Fsp3) is 0.0714. The van der Waals surface area contributed by atoms with E-state index in [1.165, 1.54) is 6.07 Å². The van der Waals surface area contributed by atoms with Crippen molar-refractivity contribution >= 4 is 11.4 Å². The molecule has 0 saturated heterocycles. The zero-order chi connectivity index (χ0) is 13.7. The van der Waals surface area contributed by atoms with E-state index in [1.54, 1.807) is 30.3 Å². The Kier molecular flexibility index (Phi) is 3.87. The SMILES string of the molecule is O=[N+]([O-])c1ccccc1C/C(=N\O)c1ccccc1. The van der Waals surface area contributed by atoms with Crippen molar-refractivity contribution in [3.05, 3.63) is 75.8 Å². The molecule has 1 N–H and O–H groups in total. The molecule has 5 nitrogen and oxygen atoms in total. The molecule has 19 heavy (non-hydrogen) atoms. The van der Waals surface area contributed by atoms with Gasteiger partial charge in [-0.3, -0.25) is 10.1 Å². The van der Waals surface area contributed by atoms with Crippen molar-refractivity contribution in [3.8, 4) is 0 Å². The number of hydrogen-bond acceptors (Lipinski definition) is 4. The monoisotopic (exact) mass is 256 g/mol. The van der Waals surface area contributed by atoms with E-state index in [4.69, 9.17) is 5.21 Å². The van der Waals surface area contributed by atoms with Crippen LogP contribution in [0.15, 0.2) is 59.8 Å². The summed E-state index contributed by atoms with van der Waals surface area (Å²) >= 11 is 0. The second-order valence-electron chi connectivity index (χ2n) is 3.98. The van der Waals surface area contributed by atoms with Crippen molar-refractivity contribution in [2.75, 3.05) is 0 Å². The molecule has 0 unspecified atom stereocenters. The van der Waals surface area contributed by atoms with Gasteiger partial charge in [0.1, 0.15) is 0 Å². The van der Waals surface area contributed by atoms with Crippen LogP contribution in [0.5, 0.6) is 0 Å². The summed E-state index contributed by atoms with van der Waals surface area (Å²) in [5.41, 5.74) is 1.68. The second-order valence-corrected chi connectivity index (χ2v) is 3.98. The molecule has 0 aliphatic rings. The second kappa shape index (κ2) is 5.77. The number of nitro benzene ring substituents is 1. The normalized spacial score (nSPS) is 11.3. The van der Waals surface area contributed by atoms with E-state index in [9.17, 15) is 10.1 Å². The maximum absolute atomic E-state index is 10.9. The molecule has 0 bridgehead atoms. The summed E-state index contributed by atoms with van der Waals surface area (Å²) in [5.74, 6) is 0. The molecule has 0 atom stereocenters. The van der Waals surface area contributed by atoms with E-state index in [0.717, 1.165) is 5.56 Å². The van der Waals surface area contributed by atoms with Crippen LogP contribution in [0.3, 0.4) is 0 Å². The number of nitro groups is 1. The van der Waals surface area contributed by atoms with Crippen molar-refractivity contribution < 1.29 is 10.1 Å². The Labute approximate surface area is 110 Å². The minimum atomic E-state index is -0.435. The Morgan fingerprint density at radius 1 is 1.11 bits per heavy atom. The predicted molar refractivity (Wildman–Crippen MR) is 71.6 cm³/mol. The van der Waals surface area contributed by atoms with Gasteiger partial charge in [0, 0.05) is 18.1 Å². The summed E-state index contributed by atoms with van der Waals surface area (Å²) < 4.78 is 0. The van der Waals surface area contributed by atoms with Crippen molar-refractivity contribution in [2.45, 2.75) is 6.42 Å². The zero-order valence-electron chi connectivity index (χ0n) is 10.1. The van der Waals surface area contributed by atoms with E-state index in [-0.39, 0.29) is 12.1 Å². The molecule has 0 aliphatic carbocycles. The van der Waals surface area contributed by atoms with Gasteiger partial charge in [0.2, 0.25) is 0 Å². The van der Waals surface area contributed by atoms with Crippen LogP contribution in [0.25, 0.3) is 0 Å². The quantitative estimate of drug-likeness (QED) is 0.395. The van der Waals surface area contributed by atoms with Gasteiger partial charge in [-0.25, -0.2) is 0 Å². The Balaban J connectivity index is 2.33. The number of hydrogen-bond donors (Lipinski definition) is 1. The topological polar surface area (TPSA) is 75.7 Å². The fourth-order valence-electron chi connectivity index (χ4n) is 1.84. The maximum Gasteiger partial charge on any atom is 0.272 e. The highest BCUT2D eigenvalue weighted by atomic mass is 16.6. The Bertz CT molecular complexity index is 609. The molecule has 96 valence electrons. The highest BCUT2D eigenvalue weighted by molar-refractivity contribution is 6.01. The largest absolute Gasteiger partial charge is 0.411 e. The van der Waals surface area contributed by atoms with Crippen molar-refractivity contribution in [2.24, 2.45) is 5.16 Å². The number of rotatable bonds is 4. The lowest BCUT2D eigenvalue weighted by Gasteiger charge is -2.05. The first-order chi connectivity index (χ1) is 9.22. The molecule has 0 aliphatic heterocycles. The molecule has 0 aromatic heterocycles. The summed E-state index contributed by atoms with van der Waals surface area (Å²) in [4.78, 5) is 10.5. The first kappa shape index (κ1) is 12.8. The molecule has 0 amide bonds. The average Bonchev–Trinajstić information content (AvgIpc) is 2.46. The van der Waals surface area contributed by atoms with Gasteiger partial charge in [0.05, 0.1) is 10.6 Å². The van der Waals surface area contributed by atoms with Crippen LogP contribution in [-0.2, 0) is 6.42 Å². The van der Waals surface area contributed by atoms with Crippen LogP contribution < -0.4 is 0 Å². The van der Waals surface area contributed by atoms with Gasteiger partial charge < -0.3 is 5.21 Å². The van der Waals surface area contributed by atoms with Crippen LogP contribution in [0, 0.1) is 10.1 Å². The molecule has 2 aromatic carbocycles. The first-order valence-corrected chi connectivity index (χ1v) is 5.71. The van der Waals surface area contributed by atoms with Gasteiger partial charge in [-0.15, -0.1) is 0 Å². The number of benzene rings is 2. The fourth-order valence-corrected chi connectivity index (χ4v) is 1.84. The lowest BCUT2D eigenvalue weighted by Crippen LogP contribution is -2.07. The van der Waals surface area contributed by atoms with E-state index in [0.29, 0.717) is 11.3 Å². The Hall–Kier alpha value is -2.69. The highest BCUT2D eigenvalue weighted by Gasteiger charge is 2.15. The molecule has 0 heterocycles. The third-order valence-electron chi connectivity index (χ3n) is 2.77. The van der Waals surface area contributed by atoms with E-state index >= 15 is 0 Å². The summed E-state index contributed by atoms with van der Waals surface area (Å²) in [6.45, 7) is 0. The third kappa shape index (κ3) is 2.95. The Morgan fingerprint density at radius 3 is 2.37 bits per heavy atom. The summed E-state index contributed by atoms with van der Waals surface area (Å²) in [6.07, 6.45) is 0.206. The standard InChI is InChI=1S/C14H12N2O3/c17-15-13(11-6-2-1-3-7-11)10-12-8-4-5-9-14(12)16(18)19/h1-9,17H,10H2/b15-13+. The van der Waals surface area contributed by atoms with E-state index in [2.05, 4.69) is 5.16 Å². The van der Waals surface area contributed by atoms with Crippen molar-refractivity contribution in [3.63, 3.8) is 0 Å². The Morgan fingerprint density at radius 2 is 1.74 bits per heavy atom. The van der Waals surface area contributed by atoms with Crippen LogP contribution >= 0.6 is 0 Å². The van der Waals surface area contributed by atoms with Crippen LogP contribution in [0.1, 0.15) is 11.1 Å². The molecule has 0 fully saturated rings. The molecule has 0 saturated carbocycles. The minimum absolute atomic E-state index is 0.0274. The zero-order valence-corrected chi connectivity index (χ0v) is 10.1. The highest BCUT2D eigenvalue weighted by Crippen LogP contribution is 2.20. The number of para-hydroxylation sites is 1. The predicted octanol–water partition coefficient (Wildman–Crippen LogP) is 3.02. The molecule has 2 aromatic rings. The van der Waals surface area contributed by atoms with Gasteiger partial charge in [0.15, 0.2) is 0 Å². The summed E-state index contributed by atoms with van der Waals surface area (Å²) in [5, 5.41) is 23.3. The van der Waals surface area contributed by atoms with E-state index in [1.807, 2.05) is 18.2 Å².